The van der Waals surface area contributed by atoms with Gasteiger partial charge in [-0.2, -0.15) is 0 Å². The van der Waals surface area contributed by atoms with Crippen molar-refractivity contribution in [3.8, 4) is 5.75 Å². The number of carboxylic acid groups (broad SMARTS) is 1. The molecule has 10 heteroatoms. The van der Waals surface area contributed by atoms with Crippen molar-refractivity contribution < 1.29 is 23.4 Å². The molecule has 0 aliphatic carbocycles. The Morgan fingerprint density at radius 1 is 1.34 bits per heavy atom. The van der Waals surface area contributed by atoms with Crippen molar-refractivity contribution in [3.63, 3.8) is 0 Å². The molecule has 0 saturated carbocycles. The fourth-order valence-electron chi connectivity index (χ4n) is 4.49. The highest BCUT2D eigenvalue weighted by Gasteiger charge is 2.35. The van der Waals surface area contributed by atoms with E-state index in [0.717, 1.165) is 27.2 Å². The minimum atomic E-state index is -2.67. The fraction of sp³-hybridized carbons (Fsp3) is 0.500. The number of thioether (sulfide) groups is 1. The zero-order chi connectivity index (χ0) is 27.7. The van der Waals surface area contributed by atoms with E-state index in [1.54, 1.807) is 31.8 Å². The molecule has 0 spiro atoms. The number of hydrogen-bond donors (Lipinski definition) is 2. The molecule has 1 unspecified atom stereocenters. The number of alkyl halides is 2. The van der Waals surface area contributed by atoms with Gasteiger partial charge in [0.15, 0.2) is 0 Å². The number of ether oxygens (including phenoxy) is 1. The third-order valence-electron chi connectivity index (χ3n) is 6.68. The molecule has 0 amide bonds. The van der Waals surface area contributed by atoms with E-state index < -0.39 is 17.3 Å². The molecule has 3 heterocycles. The summed E-state index contributed by atoms with van der Waals surface area (Å²) in [6, 6.07) is 9.35. The molecule has 38 heavy (non-hydrogen) atoms. The summed E-state index contributed by atoms with van der Waals surface area (Å²) in [5.41, 5.74) is 1.67. The van der Waals surface area contributed by atoms with Crippen LogP contribution >= 0.6 is 23.4 Å². The summed E-state index contributed by atoms with van der Waals surface area (Å²) in [6.45, 7) is 8.07. The van der Waals surface area contributed by atoms with Crippen LogP contribution in [0.2, 0.25) is 5.02 Å². The van der Waals surface area contributed by atoms with E-state index in [9.17, 15) is 18.7 Å². The lowest BCUT2D eigenvalue weighted by Crippen LogP contribution is -2.47. The zero-order valence-corrected chi connectivity index (χ0v) is 23.6. The number of benzene rings is 1. The maximum absolute atomic E-state index is 13.5. The number of nitrogens with one attached hydrogen (secondary N) is 1. The summed E-state index contributed by atoms with van der Waals surface area (Å²) >= 11 is 7.77. The van der Waals surface area contributed by atoms with E-state index in [4.69, 9.17) is 21.3 Å². The topological polar surface area (TPSA) is 76.4 Å². The van der Waals surface area contributed by atoms with Gasteiger partial charge in [-0.25, -0.2) is 13.8 Å². The van der Waals surface area contributed by atoms with Crippen LogP contribution in [0.3, 0.4) is 0 Å². The van der Waals surface area contributed by atoms with Crippen LogP contribution in [0.5, 0.6) is 5.75 Å². The number of rotatable bonds is 10. The van der Waals surface area contributed by atoms with Crippen molar-refractivity contribution in [2.75, 3.05) is 13.2 Å². The fourth-order valence-corrected chi connectivity index (χ4v) is 5.69. The smallest absolute Gasteiger partial charge is 0.309 e. The van der Waals surface area contributed by atoms with Gasteiger partial charge in [0.2, 0.25) is 0 Å². The molecule has 4 rings (SSSR count). The lowest BCUT2D eigenvalue weighted by Gasteiger charge is -2.29. The van der Waals surface area contributed by atoms with Crippen LogP contribution in [0.4, 0.5) is 8.78 Å². The summed E-state index contributed by atoms with van der Waals surface area (Å²) in [5, 5.41) is 14.6. The van der Waals surface area contributed by atoms with Gasteiger partial charge in [-0.05, 0) is 44.0 Å². The monoisotopic (exact) mass is 565 g/mol. The van der Waals surface area contributed by atoms with E-state index in [1.165, 1.54) is 0 Å². The van der Waals surface area contributed by atoms with Crippen LogP contribution in [0, 0.1) is 5.41 Å². The minimum absolute atomic E-state index is 0.156. The van der Waals surface area contributed by atoms with Gasteiger partial charge in [-0.15, -0.1) is 11.8 Å². The first-order valence-corrected chi connectivity index (χ1v) is 14.0. The standard InChI is InChI=1S/C28H34ClF2N3O3S/c1-17(2)38-24-22-11-21(37-15-20-9-10-28(30,31)16-33-20)13-32-25(22)34(14-18-5-7-19(29)8-6-18)23(24)12-27(3,4)26(35)36/h5-8,11,13,17,20,33H,9-10,12,14-16H2,1-4H3,(H,35,36). The molecule has 1 aliphatic heterocycles. The summed E-state index contributed by atoms with van der Waals surface area (Å²) in [4.78, 5) is 17.8. The van der Waals surface area contributed by atoms with Crippen molar-refractivity contribution in [1.82, 2.24) is 14.9 Å². The molecule has 1 aliphatic rings. The highest BCUT2D eigenvalue weighted by molar-refractivity contribution is 8.00. The van der Waals surface area contributed by atoms with Crippen LogP contribution in [-0.4, -0.2) is 51.0 Å². The van der Waals surface area contributed by atoms with Gasteiger partial charge < -0.3 is 19.7 Å². The molecule has 0 bridgehead atoms. The Morgan fingerprint density at radius 3 is 2.66 bits per heavy atom. The van der Waals surface area contributed by atoms with Gasteiger partial charge in [-0.1, -0.05) is 37.6 Å². The van der Waals surface area contributed by atoms with Crippen molar-refractivity contribution in [2.24, 2.45) is 5.41 Å². The summed E-state index contributed by atoms with van der Waals surface area (Å²) in [6.07, 6.45) is 2.14. The average molecular weight is 566 g/mol. The van der Waals surface area contributed by atoms with E-state index in [0.29, 0.717) is 30.2 Å². The Hall–Kier alpha value is -2.36. The highest BCUT2D eigenvalue weighted by Crippen LogP contribution is 2.40. The predicted molar refractivity (Wildman–Crippen MR) is 148 cm³/mol. The number of carboxylic acids is 1. The summed E-state index contributed by atoms with van der Waals surface area (Å²) in [5.74, 6) is -2.99. The molecular weight excluding hydrogens is 532 g/mol. The van der Waals surface area contributed by atoms with Crippen molar-refractivity contribution in [3.05, 3.63) is 52.8 Å². The number of pyridine rings is 1. The Bertz CT molecular complexity index is 1280. The van der Waals surface area contributed by atoms with Gasteiger partial charge in [0.1, 0.15) is 18.0 Å². The maximum atomic E-state index is 13.5. The van der Waals surface area contributed by atoms with Gasteiger partial charge in [-0.3, -0.25) is 4.79 Å². The van der Waals surface area contributed by atoms with E-state index in [-0.39, 0.29) is 30.9 Å². The van der Waals surface area contributed by atoms with Crippen LogP contribution in [0.25, 0.3) is 11.0 Å². The van der Waals surface area contributed by atoms with Crippen LogP contribution in [0.15, 0.2) is 41.4 Å². The van der Waals surface area contributed by atoms with Gasteiger partial charge in [0.05, 0.1) is 18.2 Å². The van der Waals surface area contributed by atoms with Crippen molar-refractivity contribution in [2.45, 2.75) is 75.6 Å². The molecule has 1 atom stereocenters. The molecule has 1 aromatic carbocycles. The molecule has 6 nitrogen and oxygen atoms in total. The number of aliphatic carboxylic acids is 1. The Balaban J connectivity index is 1.73. The second kappa shape index (κ2) is 11.4. The number of nitrogens with zero attached hydrogens (tertiary/aromatic N) is 2. The predicted octanol–water partition coefficient (Wildman–Crippen LogP) is 6.66. The van der Waals surface area contributed by atoms with Crippen molar-refractivity contribution >= 4 is 40.4 Å². The molecule has 0 radical (unpaired) electrons. The van der Waals surface area contributed by atoms with Crippen molar-refractivity contribution in [1.29, 1.82) is 0 Å². The zero-order valence-electron chi connectivity index (χ0n) is 22.1. The second-order valence-electron chi connectivity index (χ2n) is 10.8. The quantitative estimate of drug-likeness (QED) is 0.268. The Morgan fingerprint density at radius 2 is 2.05 bits per heavy atom. The molecule has 1 saturated heterocycles. The van der Waals surface area contributed by atoms with Gasteiger partial charge >= 0.3 is 5.97 Å². The van der Waals surface area contributed by atoms with Gasteiger partial charge in [0.25, 0.3) is 5.92 Å². The normalized spacial score (nSPS) is 17.7. The third-order valence-corrected chi connectivity index (χ3v) is 8.10. The van der Waals surface area contributed by atoms with E-state index in [2.05, 4.69) is 23.7 Å². The SMILES string of the molecule is CC(C)Sc1c(CC(C)(C)C(=O)O)n(Cc2ccc(Cl)cc2)c2ncc(OCC3CCC(F)(F)CN3)cc12. The van der Waals surface area contributed by atoms with E-state index in [1.807, 2.05) is 30.3 Å². The molecule has 206 valence electrons. The minimum Gasteiger partial charge on any atom is -0.490 e. The number of carbonyl (C=O) groups is 1. The average Bonchev–Trinajstić information content (AvgIpc) is 3.10. The Labute approximate surface area is 231 Å². The summed E-state index contributed by atoms with van der Waals surface area (Å²) in [7, 11) is 0. The number of hydrogen-bond acceptors (Lipinski definition) is 5. The van der Waals surface area contributed by atoms with E-state index >= 15 is 0 Å². The molecule has 1 fully saturated rings. The number of aromatic nitrogens is 2. The van der Waals surface area contributed by atoms with Crippen LogP contribution in [0.1, 0.15) is 51.8 Å². The summed E-state index contributed by atoms with van der Waals surface area (Å²) < 4.78 is 35.1. The molecule has 3 aromatic rings. The highest BCUT2D eigenvalue weighted by atomic mass is 35.5. The Kier molecular flexibility index (Phi) is 8.59. The molecule has 2 aromatic heterocycles. The molecular formula is C28H34ClF2N3O3S. The lowest BCUT2D eigenvalue weighted by molar-refractivity contribution is -0.146. The first kappa shape index (κ1) is 28.6. The first-order valence-electron chi connectivity index (χ1n) is 12.7. The van der Waals surface area contributed by atoms with Crippen LogP contribution < -0.4 is 10.1 Å². The van der Waals surface area contributed by atoms with Gasteiger partial charge in [0, 0.05) is 51.7 Å². The number of piperidine rings is 1. The lowest BCUT2D eigenvalue weighted by atomic mass is 9.88. The van der Waals surface area contributed by atoms with Crippen LogP contribution in [-0.2, 0) is 17.8 Å². The number of halogens is 3. The second-order valence-corrected chi connectivity index (χ2v) is 12.9. The number of fused-ring (bicyclic) bond motifs is 1. The maximum Gasteiger partial charge on any atom is 0.309 e. The first-order chi connectivity index (χ1) is 17.8. The molecule has 2 N–H and O–H groups in total. The largest absolute Gasteiger partial charge is 0.490 e. The third kappa shape index (κ3) is 6.79.